The number of nitrogens with zero attached hydrogens (tertiary/aromatic N) is 2. The van der Waals surface area contributed by atoms with Gasteiger partial charge in [0.25, 0.3) is 0 Å². The third-order valence-corrected chi connectivity index (χ3v) is 3.52. The first-order valence-corrected chi connectivity index (χ1v) is 5.79. The van der Waals surface area contributed by atoms with Crippen LogP contribution in [0.1, 0.15) is 30.5 Å². The molecule has 0 N–H and O–H groups in total. The normalized spacial score (nSPS) is 16.3. The van der Waals surface area contributed by atoms with E-state index in [1.165, 1.54) is 43.2 Å². The van der Waals surface area contributed by atoms with Crippen LogP contribution in [0.3, 0.4) is 0 Å². The standard InChI is InChI=1S/C13H16N2/c1-15-12-8-4-2-3-6-10(12)11-7-5-9-14-13(11)15/h5,7,9H,2-4,6,8H2,1H3. The zero-order valence-corrected chi connectivity index (χ0v) is 9.16. The van der Waals surface area contributed by atoms with Gasteiger partial charge in [0.2, 0.25) is 0 Å². The molecule has 0 bridgehead atoms. The number of hydrogen-bond donors (Lipinski definition) is 0. The zero-order valence-electron chi connectivity index (χ0n) is 9.16. The molecule has 3 rings (SSSR count). The van der Waals surface area contributed by atoms with Crippen molar-refractivity contribution in [2.75, 3.05) is 0 Å². The highest BCUT2D eigenvalue weighted by Crippen LogP contribution is 2.29. The fourth-order valence-corrected chi connectivity index (χ4v) is 2.75. The minimum Gasteiger partial charge on any atom is -0.332 e. The second kappa shape index (κ2) is 3.37. The molecule has 0 radical (unpaired) electrons. The highest BCUT2D eigenvalue weighted by molar-refractivity contribution is 5.82. The Balaban J connectivity index is 2.32. The molecule has 0 aliphatic heterocycles. The molecule has 2 nitrogen and oxygen atoms in total. The van der Waals surface area contributed by atoms with E-state index >= 15 is 0 Å². The third-order valence-electron chi connectivity index (χ3n) is 3.52. The molecule has 2 heteroatoms. The number of rotatable bonds is 0. The first kappa shape index (κ1) is 8.96. The Kier molecular flexibility index (Phi) is 2.01. The second-order valence-corrected chi connectivity index (χ2v) is 4.42. The predicted octanol–water partition coefficient (Wildman–Crippen LogP) is 2.84. The Labute approximate surface area is 89.9 Å². The highest BCUT2D eigenvalue weighted by atomic mass is 15.0. The van der Waals surface area contributed by atoms with E-state index in [9.17, 15) is 0 Å². The average Bonchev–Trinajstić information content (AvgIpc) is 2.48. The van der Waals surface area contributed by atoms with E-state index in [1.54, 1.807) is 5.56 Å². The highest BCUT2D eigenvalue weighted by Gasteiger charge is 2.16. The van der Waals surface area contributed by atoms with Crippen molar-refractivity contribution in [2.24, 2.45) is 7.05 Å². The van der Waals surface area contributed by atoms with Crippen molar-refractivity contribution in [2.45, 2.75) is 32.1 Å². The van der Waals surface area contributed by atoms with Gasteiger partial charge >= 0.3 is 0 Å². The SMILES string of the molecule is Cn1c2c(c3cccnc31)CCCCC2. The lowest BCUT2D eigenvalue weighted by Crippen LogP contribution is -1.97. The summed E-state index contributed by atoms with van der Waals surface area (Å²) in [4.78, 5) is 4.48. The Morgan fingerprint density at radius 2 is 2.07 bits per heavy atom. The lowest BCUT2D eigenvalue weighted by atomic mass is 10.1. The van der Waals surface area contributed by atoms with E-state index < -0.39 is 0 Å². The van der Waals surface area contributed by atoms with E-state index in [2.05, 4.69) is 22.7 Å². The third kappa shape index (κ3) is 1.28. The molecule has 2 aromatic rings. The fourth-order valence-electron chi connectivity index (χ4n) is 2.75. The largest absolute Gasteiger partial charge is 0.332 e. The maximum atomic E-state index is 4.48. The summed E-state index contributed by atoms with van der Waals surface area (Å²) in [6.07, 6.45) is 8.39. The van der Waals surface area contributed by atoms with Gasteiger partial charge in [-0.15, -0.1) is 0 Å². The summed E-state index contributed by atoms with van der Waals surface area (Å²) in [7, 11) is 2.15. The number of pyridine rings is 1. The summed E-state index contributed by atoms with van der Waals surface area (Å²) in [6.45, 7) is 0. The van der Waals surface area contributed by atoms with Gasteiger partial charge in [0.15, 0.2) is 0 Å². The summed E-state index contributed by atoms with van der Waals surface area (Å²) >= 11 is 0. The first-order chi connectivity index (χ1) is 7.38. The van der Waals surface area contributed by atoms with Gasteiger partial charge in [-0.25, -0.2) is 4.98 Å². The molecule has 0 aromatic carbocycles. The van der Waals surface area contributed by atoms with Crippen molar-refractivity contribution in [3.8, 4) is 0 Å². The molecule has 0 saturated heterocycles. The van der Waals surface area contributed by atoms with Gasteiger partial charge in [-0.2, -0.15) is 0 Å². The summed E-state index contributed by atoms with van der Waals surface area (Å²) in [5, 5.41) is 1.37. The molecule has 0 amide bonds. The molecule has 0 spiro atoms. The van der Waals surface area contributed by atoms with Crippen LogP contribution >= 0.6 is 0 Å². The van der Waals surface area contributed by atoms with Crippen LogP contribution in [-0.2, 0) is 19.9 Å². The Bertz CT molecular complexity index is 496. The van der Waals surface area contributed by atoms with Crippen molar-refractivity contribution >= 4 is 11.0 Å². The van der Waals surface area contributed by atoms with Gasteiger partial charge < -0.3 is 4.57 Å². The van der Waals surface area contributed by atoms with E-state index in [1.807, 2.05) is 12.3 Å². The van der Waals surface area contributed by atoms with Crippen LogP contribution in [0.4, 0.5) is 0 Å². The van der Waals surface area contributed by atoms with Crippen LogP contribution in [-0.4, -0.2) is 9.55 Å². The number of aromatic nitrogens is 2. The van der Waals surface area contributed by atoms with Gasteiger partial charge in [-0.3, -0.25) is 0 Å². The molecule has 1 aliphatic carbocycles. The molecular weight excluding hydrogens is 184 g/mol. The van der Waals surface area contributed by atoms with Gasteiger partial charge in [0.05, 0.1) is 0 Å². The average molecular weight is 200 g/mol. The summed E-state index contributed by atoms with van der Waals surface area (Å²) in [5.74, 6) is 0. The van der Waals surface area contributed by atoms with Gasteiger partial charge in [-0.1, -0.05) is 6.42 Å². The molecule has 0 unspecified atom stereocenters. The van der Waals surface area contributed by atoms with Crippen molar-refractivity contribution in [3.05, 3.63) is 29.6 Å². The maximum Gasteiger partial charge on any atom is 0.140 e. The Morgan fingerprint density at radius 1 is 1.20 bits per heavy atom. The van der Waals surface area contributed by atoms with Gasteiger partial charge in [0.1, 0.15) is 5.65 Å². The van der Waals surface area contributed by atoms with E-state index in [-0.39, 0.29) is 0 Å². The summed E-state index contributed by atoms with van der Waals surface area (Å²) in [5.41, 5.74) is 4.23. The van der Waals surface area contributed by atoms with Gasteiger partial charge in [0, 0.05) is 24.3 Å². The van der Waals surface area contributed by atoms with Crippen molar-refractivity contribution < 1.29 is 0 Å². The molecule has 0 atom stereocenters. The molecule has 0 fully saturated rings. The molecule has 1 aliphatic rings. The number of hydrogen-bond acceptors (Lipinski definition) is 1. The lowest BCUT2D eigenvalue weighted by Gasteiger charge is -2.02. The van der Waals surface area contributed by atoms with Crippen LogP contribution < -0.4 is 0 Å². The predicted molar refractivity (Wildman–Crippen MR) is 62.0 cm³/mol. The molecular formula is C13H16N2. The molecule has 2 heterocycles. The van der Waals surface area contributed by atoms with Crippen LogP contribution in [0, 0.1) is 0 Å². The second-order valence-electron chi connectivity index (χ2n) is 4.42. The topological polar surface area (TPSA) is 17.8 Å². The van der Waals surface area contributed by atoms with Crippen LogP contribution in [0.2, 0.25) is 0 Å². The van der Waals surface area contributed by atoms with E-state index in [4.69, 9.17) is 0 Å². The summed E-state index contributed by atoms with van der Waals surface area (Å²) < 4.78 is 2.29. The van der Waals surface area contributed by atoms with E-state index in [0.29, 0.717) is 0 Å². The minimum absolute atomic E-state index is 1.16. The van der Waals surface area contributed by atoms with Crippen molar-refractivity contribution in [3.63, 3.8) is 0 Å². The monoisotopic (exact) mass is 200 g/mol. The van der Waals surface area contributed by atoms with Crippen molar-refractivity contribution in [1.82, 2.24) is 9.55 Å². The first-order valence-electron chi connectivity index (χ1n) is 5.79. The molecule has 78 valence electrons. The molecule has 15 heavy (non-hydrogen) atoms. The molecule has 0 saturated carbocycles. The van der Waals surface area contributed by atoms with Crippen LogP contribution in [0.5, 0.6) is 0 Å². The van der Waals surface area contributed by atoms with Gasteiger partial charge in [-0.05, 0) is 43.4 Å². The lowest BCUT2D eigenvalue weighted by molar-refractivity contribution is 0.697. The number of aryl methyl sites for hydroxylation is 2. The summed E-state index contributed by atoms with van der Waals surface area (Å²) in [6, 6.07) is 4.26. The zero-order chi connectivity index (χ0) is 10.3. The smallest absolute Gasteiger partial charge is 0.140 e. The van der Waals surface area contributed by atoms with Crippen molar-refractivity contribution in [1.29, 1.82) is 0 Å². The minimum atomic E-state index is 1.16. The fraction of sp³-hybridized carbons (Fsp3) is 0.462. The Hall–Kier alpha value is -1.31. The maximum absolute atomic E-state index is 4.48. The molecule has 2 aromatic heterocycles. The van der Waals surface area contributed by atoms with Crippen LogP contribution in [0.15, 0.2) is 18.3 Å². The Morgan fingerprint density at radius 3 is 3.00 bits per heavy atom. The van der Waals surface area contributed by atoms with E-state index in [0.717, 1.165) is 5.65 Å². The van der Waals surface area contributed by atoms with Crippen LogP contribution in [0.25, 0.3) is 11.0 Å². The number of fused-ring (bicyclic) bond motifs is 3. The quantitative estimate of drug-likeness (QED) is 0.598.